The van der Waals surface area contributed by atoms with Crippen molar-refractivity contribution in [1.29, 1.82) is 0 Å². The highest BCUT2D eigenvalue weighted by Crippen LogP contribution is 2.39. The molecular formula is C93H156N14O9P2. The number of benzene rings is 2. The molecule has 7 N–H and O–H groups in total. The number of fused-ring (bicyclic) bond motifs is 6. The number of rotatable bonds is 64. The molecule has 0 unspecified atom stereocenters. The Labute approximate surface area is 708 Å². The van der Waals surface area contributed by atoms with Crippen molar-refractivity contribution in [2.24, 2.45) is 0 Å². The Morgan fingerprint density at radius 2 is 0.754 bits per heavy atom. The van der Waals surface area contributed by atoms with Crippen LogP contribution in [0.3, 0.4) is 0 Å². The molecule has 0 spiro atoms. The summed E-state index contributed by atoms with van der Waals surface area (Å²) in [6.07, 6.45) is 51.0. The summed E-state index contributed by atoms with van der Waals surface area (Å²) in [5.41, 5.74) is 16.8. The second-order valence-corrected chi connectivity index (χ2v) is 40.6. The molecule has 4 heterocycles. The molecule has 0 amide bonds. The second-order valence-electron chi connectivity index (χ2n) is 34.2. The Hall–Kier alpha value is -6.90. The number of nitrogens with zero attached hydrogens (tertiary/aromatic N) is 9. The first kappa shape index (κ1) is 99.9. The molecule has 0 saturated heterocycles. The zero-order valence-corrected chi connectivity index (χ0v) is 77.3. The van der Waals surface area contributed by atoms with E-state index in [1.807, 2.05) is 45.9 Å². The average Bonchev–Trinajstić information content (AvgIpc) is 1.29. The fraction of sp³-hybridized carbons (Fsp3) is 0.699. The molecule has 0 radical (unpaired) electrons. The smallest absolute Gasteiger partial charge is 0.271 e. The maximum absolute atomic E-state index is 13.0. The third kappa shape index (κ3) is 33.5. The molecule has 8 aromatic rings. The van der Waals surface area contributed by atoms with Gasteiger partial charge in [-0.2, -0.15) is 9.46 Å². The average molecular weight is 1680 g/mol. The zero-order valence-electron chi connectivity index (χ0n) is 75.5. The largest absolute Gasteiger partial charge is 0.491 e. The van der Waals surface area contributed by atoms with Gasteiger partial charge in [-0.3, -0.25) is 19.2 Å². The van der Waals surface area contributed by atoms with Gasteiger partial charge in [0.25, 0.3) is 21.7 Å². The molecule has 0 atom stereocenters. The monoisotopic (exact) mass is 1680 g/mol. The molecule has 0 saturated carbocycles. The minimum absolute atomic E-state index is 0.191. The van der Waals surface area contributed by atoms with Crippen LogP contribution in [0.25, 0.3) is 43.9 Å². The fourth-order valence-corrected chi connectivity index (χ4v) is 17.0. The van der Waals surface area contributed by atoms with Crippen molar-refractivity contribution in [3.8, 4) is 5.75 Å². The van der Waals surface area contributed by atoms with Gasteiger partial charge in [-0.1, -0.05) is 232 Å². The number of ether oxygens (including phenoxy) is 1. The van der Waals surface area contributed by atoms with Gasteiger partial charge in [-0.15, -0.1) is 0 Å². The summed E-state index contributed by atoms with van der Waals surface area (Å²) in [6, 6.07) is 11.5. The maximum atomic E-state index is 13.0. The van der Waals surface area contributed by atoms with Gasteiger partial charge < -0.3 is 65.7 Å². The fourth-order valence-electron chi connectivity index (χ4n) is 15.3. The van der Waals surface area contributed by atoms with Gasteiger partial charge in [0, 0.05) is 60.4 Å². The Morgan fingerprint density at radius 3 is 1.15 bits per heavy atom. The first-order chi connectivity index (χ1) is 56.9. The van der Waals surface area contributed by atoms with Crippen LogP contribution in [0.15, 0.2) is 55.6 Å². The molecule has 662 valence electrons. The Bertz CT molecular complexity index is 4430. The number of anilines is 5. The molecule has 4 aromatic carbocycles. The van der Waals surface area contributed by atoms with Crippen molar-refractivity contribution in [1.82, 2.24) is 44.5 Å². The number of aryl methyl sites for hydroxylation is 2. The number of imidazole rings is 2. The lowest BCUT2D eigenvalue weighted by molar-refractivity contribution is 0.109. The summed E-state index contributed by atoms with van der Waals surface area (Å²) >= 11 is 0. The van der Waals surface area contributed by atoms with Gasteiger partial charge in [0.1, 0.15) is 78.3 Å². The number of nitrogens with two attached hydrogens (primary N) is 2. The predicted octanol–water partition coefficient (Wildman–Crippen LogP) is 18.4. The zero-order chi connectivity index (χ0) is 85.7. The predicted molar refractivity (Wildman–Crippen MR) is 503 cm³/mol. The van der Waals surface area contributed by atoms with Crippen LogP contribution >= 0.6 is 14.3 Å². The van der Waals surface area contributed by atoms with Crippen LogP contribution in [0.1, 0.15) is 296 Å². The van der Waals surface area contributed by atoms with Crippen LogP contribution in [0, 0.1) is 0 Å². The number of hydrogen-bond acceptors (Lipinski definition) is 21. The molecule has 0 aliphatic rings. The standard InChI is InChI=1S/C46H76N7O4P.C25H41N6O2P.C22H39NO3/c1-7-9-11-12-13-14-15-16-17-18-19-20-21-22-23-30-48-40-43(45(55)44(40)54)52(33-26-31-51(3)4)32-24-25-34-57-53-39(27-10-8-2)50-41-42(53)37-29-28-36(58(5,6)56)35-38(37)49-46(41)47;1-6-7-11-22-29-23-24(31(22)33-17-9-8-14-27-15-10-16-30(2)3)20-13-12-19(34(4,5)32)18-21(20)28-25(23)26;1-3-4-5-6-7-8-9-10-11-12-13-14-15-16-17-18-23-19-20(24)21(25)22(19)26-2/h28-29,35,48H,7-27,30-34H2,1-6H3,(H2,47,49);12-13,18,27H,6-11,14-17H2,1-5H3,(H2,26,28);23H,3-18H2,1-2H3. The van der Waals surface area contributed by atoms with Gasteiger partial charge in [0.2, 0.25) is 0 Å². The molecule has 25 heteroatoms. The summed E-state index contributed by atoms with van der Waals surface area (Å²) in [5.74, 6) is 2.57. The van der Waals surface area contributed by atoms with Gasteiger partial charge in [-0.25, -0.2) is 19.9 Å². The minimum atomic E-state index is -2.49. The van der Waals surface area contributed by atoms with Crippen molar-refractivity contribution < 1.29 is 23.5 Å². The number of hydrogen-bond donors (Lipinski definition) is 5. The highest BCUT2D eigenvalue weighted by atomic mass is 31.2. The third-order valence-corrected chi connectivity index (χ3v) is 25.5. The summed E-state index contributed by atoms with van der Waals surface area (Å²) in [4.78, 5) is 86.5. The Balaban J connectivity index is 0.000000304. The van der Waals surface area contributed by atoms with Gasteiger partial charge >= 0.3 is 0 Å². The Morgan fingerprint density at radius 1 is 0.398 bits per heavy atom. The van der Waals surface area contributed by atoms with E-state index >= 15 is 0 Å². The van der Waals surface area contributed by atoms with Crippen LogP contribution in [0.5, 0.6) is 5.75 Å². The van der Waals surface area contributed by atoms with E-state index in [0.29, 0.717) is 78.1 Å². The number of aromatic nitrogens is 6. The van der Waals surface area contributed by atoms with Crippen LogP contribution in [0.4, 0.5) is 28.7 Å². The number of pyridine rings is 2. The first-order valence-electron chi connectivity index (χ1n) is 45.9. The topological polar surface area (TPSA) is 289 Å². The minimum Gasteiger partial charge on any atom is -0.491 e. The third-order valence-electron chi connectivity index (χ3n) is 22.4. The summed E-state index contributed by atoms with van der Waals surface area (Å²) in [5, 5.41) is 13.2. The maximum Gasteiger partial charge on any atom is 0.271 e. The van der Waals surface area contributed by atoms with Crippen LogP contribution < -0.4 is 79.1 Å². The lowest BCUT2D eigenvalue weighted by Gasteiger charge is -2.28. The van der Waals surface area contributed by atoms with Crippen molar-refractivity contribution >= 4 is 97.5 Å². The van der Waals surface area contributed by atoms with Gasteiger partial charge in [0.05, 0.1) is 18.1 Å². The highest BCUT2D eigenvalue weighted by molar-refractivity contribution is 7.70. The SMILES string of the molecule is CCCCCCCCCCCCCCCCCNc1c(N(CCCCOn2c(CCCC)nc3c(N)nc4cc(P(C)(C)=O)ccc4c32)CCCN(C)C)c(=O)c1=O.CCCCCCCCCCCCCCCCCNc1c(OC)c(=O)c1=O.CCCCc1nc2c(N)nc3cc(P(C)(C)=O)ccc3c2n1OCCCCNCCCN(C)C. The molecule has 0 fully saturated rings. The molecule has 23 nitrogen and oxygen atoms in total. The molecule has 118 heavy (non-hydrogen) atoms. The lowest BCUT2D eigenvalue weighted by atomic mass is 10.0. The normalized spacial score (nSPS) is 12.0. The van der Waals surface area contributed by atoms with E-state index in [2.05, 4.69) is 96.5 Å². The van der Waals surface area contributed by atoms with Crippen LogP contribution in [-0.2, 0) is 22.0 Å². The molecule has 0 bridgehead atoms. The van der Waals surface area contributed by atoms with E-state index in [-0.39, 0.29) is 11.2 Å². The first-order valence-corrected chi connectivity index (χ1v) is 51.1. The van der Waals surface area contributed by atoms with Gasteiger partial charge in [0.15, 0.2) is 17.4 Å². The van der Waals surface area contributed by atoms with Crippen molar-refractivity contribution in [2.75, 3.05) is 155 Å². The van der Waals surface area contributed by atoms with Crippen molar-refractivity contribution in [3.63, 3.8) is 0 Å². The number of nitrogens with one attached hydrogen (secondary N) is 3. The Kier molecular flexibility index (Phi) is 46.7. The van der Waals surface area contributed by atoms with E-state index in [1.54, 1.807) is 26.7 Å². The second kappa shape index (κ2) is 55.2. The van der Waals surface area contributed by atoms with E-state index in [9.17, 15) is 28.3 Å². The molecule has 0 aliphatic heterocycles. The molecule has 8 rings (SSSR count). The number of nitrogen functional groups attached to an aromatic ring is 2. The van der Waals surface area contributed by atoms with Crippen LogP contribution in [-0.4, -0.2) is 167 Å². The van der Waals surface area contributed by atoms with E-state index < -0.39 is 30.6 Å². The summed E-state index contributed by atoms with van der Waals surface area (Å²) in [7, 11) is 4.84. The number of unbranched alkanes of at least 4 members (excludes halogenated alkanes) is 32. The number of methoxy groups -OCH3 is 1. The van der Waals surface area contributed by atoms with Crippen molar-refractivity contribution in [2.45, 2.75) is 297 Å². The molecule has 4 aromatic heterocycles. The van der Waals surface area contributed by atoms with Gasteiger partial charge in [-0.05, 0) is 170 Å². The molecular weight excluding hydrogens is 1520 g/mol. The summed E-state index contributed by atoms with van der Waals surface area (Å²) in [6.45, 7) is 23.8. The van der Waals surface area contributed by atoms with Crippen LogP contribution in [0.2, 0.25) is 0 Å². The van der Waals surface area contributed by atoms with E-state index in [0.717, 1.165) is 179 Å². The summed E-state index contributed by atoms with van der Waals surface area (Å²) < 4.78 is 34.1. The quantitative estimate of drug-likeness (QED) is 0.0134. The molecule has 0 aliphatic carbocycles. The lowest BCUT2D eigenvalue weighted by Crippen LogP contribution is -2.44. The highest BCUT2D eigenvalue weighted by Gasteiger charge is 2.28. The van der Waals surface area contributed by atoms with E-state index in [1.165, 1.54) is 180 Å². The van der Waals surface area contributed by atoms with Crippen molar-refractivity contribution in [3.05, 3.63) is 88.9 Å². The van der Waals surface area contributed by atoms with E-state index in [4.69, 9.17) is 35.8 Å².